The van der Waals surface area contributed by atoms with Crippen molar-refractivity contribution in [3.8, 4) is 5.69 Å². The fourth-order valence-corrected chi connectivity index (χ4v) is 3.80. The number of fused-ring (bicyclic) bond motifs is 1. The first-order valence-electron chi connectivity index (χ1n) is 9.92. The Kier molecular flexibility index (Phi) is 5.86. The molecule has 0 fully saturated rings. The van der Waals surface area contributed by atoms with Crippen LogP contribution < -0.4 is 0 Å². The summed E-state index contributed by atoms with van der Waals surface area (Å²) in [5.74, 6) is -0.445. The molecule has 2 aromatic carbocycles. The highest BCUT2D eigenvalue weighted by molar-refractivity contribution is 6.30. The molecule has 0 saturated heterocycles. The summed E-state index contributed by atoms with van der Waals surface area (Å²) in [4.78, 5) is 27.2. The van der Waals surface area contributed by atoms with E-state index < -0.39 is 5.97 Å². The van der Waals surface area contributed by atoms with Gasteiger partial charge in [0.25, 0.3) is 0 Å². The van der Waals surface area contributed by atoms with Gasteiger partial charge < -0.3 is 9.64 Å². The van der Waals surface area contributed by atoms with Crippen molar-refractivity contribution in [2.24, 2.45) is 0 Å². The summed E-state index contributed by atoms with van der Waals surface area (Å²) >= 11 is 6.01. The lowest BCUT2D eigenvalue weighted by molar-refractivity contribution is -0.131. The van der Waals surface area contributed by atoms with E-state index in [9.17, 15) is 9.59 Å². The van der Waals surface area contributed by atoms with E-state index in [1.165, 1.54) is 0 Å². The smallest absolute Gasteiger partial charge is 0.359 e. The van der Waals surface area contributed by atoms with Gasteiger partial charge in [-0.15, -0.1) is 0 Å². The predicted octanol–water partition coefficient (Wildman–Crippen LogP) is 3.83. The summed E-state index contributed by atoms with van der Waals surface area (Å²) in [6, 6.07) is 16.9. The zero-order valence-electron chi connectivity index (χ0n) is 16.7. The van der Waals surface area contributed by atoms with Gasteiger partial charge in [-0.25, -0.2) is 9.48 Å². The number of benzene rings is 2. The topological polar surface area (TPSA) is 64.4 Å². The quantitative estimate of drug-likeness (QED) is 0.585. The van der Waals surface area contributed by atoms with E-state index in [0.717, 1.165) is 22.5 Å². The molecule has 0 N–H and O–H groups in total. The summed E-state index contributed by atoms with van der Waals surface area (Å²) in [7, 11) is 0. The Hall–Kier alpha value is -3.12. The number of hydrogen-bond acceptors (Lipinski definition) is 4. The van der Waals surface area contributed by atoms with Crippen molar-refractivity contribution in [1.82, 2.24) is 14.7 Å². The van der Waals surface area contributed by atoms with Gasteiger partial charge in [0.1, 0.15) is 0 Å². The first kappa shape index (κ1) is 20.2. The number of aromatic nitrogens is 2. The molecular weight excluding hydrogens is 402 g/mol. The van der Waals surface area contributed by atoms with Crippen molar-refractivity contribution >= 4 is 23.5 Å². The molecule has 1 aromatic heterocycles. The van der Waals surface area contributed by atoms with Gasteiger partial charge >= 0.3 is 5.97 Å². The number of esters is 1. The van der Waals surface area contributed by atoms with E-state index in [1.807, 2.05) is 42.5 Å². The molecule has 1 aliphatic rings. The summed E-state index contributed by atoms with van der Waals surface area (Å²) in [5, 5.41) is 5.18. The standard InChI is InChI=1S/C23H22ClN3O3/c1-2-30-23(29)22-19-15-26(21(28)14-16-6-4-3-5-7-16)13-12-20(19)27(25-22)18-10-8-17(24)9-11-18/h3-11H,2,12-15H2,1H3. The molecule has 6 nitrogen and oxygen atoms in total. The number of amides is 1. The first-order chi connectivity index (χ1) is 14.6. The van der Waals surface area contributed by atoms with Crippen LogP contribution in [0.3, 0.4) is 0 Å². The maximum absolute atomic E-state index is 12.9. The Morgan fingerprint density at radius 3 is 2.53 bits per heavy atom. The Morgan fingerprint density at radius 2 is 1.83 bits per heavy atom. The number of carbonyl (C=O) groups is 2. The fraction of sp³-hybridized carbons (Fsp3) is 0.261. The van der Waals surface area contributed by atoms with Crippen molar-refractivity contribution in [2.75, 3.05) is 13.2 Å². The number of rotatable bonds is 5. The Labute approximate surface area is 180 Å². The van der Waals surface area contributed by atoms with E-state index in [2.05, 4.69) is 5.10 Å². The van der Waals surface area contributed by atoms with Crippen LogP contribution in [0.5, 0.6) is 0 Å². The van der Waals surface area contributed by atoms with E-state index in [0.29, 0.717) is 31.0 Å². The Bertz CT molecular complexity index is 1060. The maximum Gasteiger partial charge on any atom is 0.359 e. The van der Waals surface area contributed by atoms with Gasteiger partial charge in [0, 0.05) is 30.1 Å². The molecule has 0 aliphatic carbocycles. The van der Waals surface area contributed by atoms with Gasteiger partial charge in [-0.1, -0.05) is 41.9 Å². The third-order valence-electron chi connectivity index (χ3n) is 5.15. The Morgan fingerprint density at radius 1 is 1.10 bits per heavy atom. The molecule has 0 radical (unpaired) electrons. The van der Waals surface area contributed by atoms with Crippen LogP contribution in [0.1, 0.15) is 34.2 Å². The zero-order chi connectivity index (χ0) is 21.1. The lowest BCUT2D eigenvalue weighted by Crippen LogP contribution is -2.37. The van der Waals surface area contributed by atoms with Gasteiger partial charge in [0.2, 0.25) is 5.91 Å². The van der Waals surface area contributed by atoms with Gasteiger partial charge in [0.05, 0.1) is 24.4 Å². The average molecular weight is 424 g/mol. The van der Waals surface area contributed by atoms with Crippen LogP contribution in [-0.2, 0) is 28.9 Å². The molecule has 30 heavy (non-hydrogen) atoms. The summed E-state index contributed by atoms with van der Waals surface area (Å²) in [6.45, 7) is 2.93. The molecule has 0 saturated carbocycles. The highest BCUT2D eigenvalue weighted by Crippen LogP contribution is 2.27. The van der Waals surface area contributed by atoms with Crippen LogP contribution in [0.2, 0.25) is 5.02 Å². The molecule has 1 amide bonds. The van der Waals surface area contributed by atoms with Crippen LogP contribution in [0, 0.1) is 0 Å². The molecule has 4 rings (SSSR count). The molecule has 1 aliphatic heterocycles. The van der Waals surface area contributed by atoms with Crippen LogP contribution in [-0.4, -0.2) is 39.7 Å². The molecule has 2 heterocycles. The highest BCUT2D eigenvalue weighted by atomic mass is 35.5. The van der Waals surface area contributed by atoms with Crippen molar-refractivity contribution in [3.63, 3.8) is 0 Å². The molecule has 0 atom stereocenters. The van der Waals surface area contributed by atoms with Crippen molar-refractivity contribution in [1.29, 1.82) is 0 Å². The number of nitrogens with zero attached hydrogens (tertiary/aromatic N) is 3. The molecular formula is C23H22ClN3O3. The number of ether oxygens (including phenoxy) is 1. The number of halogens is 1. The van der Waals surface area contributed by atoms with Gasteiger partial charge in [-0.05, 0) is 36.8 Å². The molecule has 0 unspecified atom stereocenters. The molecule has 3 aromatic rings. The van der Waals surface area contributed by atoms with Crippen LogP contribution >= 0.6 is 11.6 Å². The lowest BCUT2D eigenvalue weighted by atomic mass is 10.0. The minimum atomic E-state index is -0.473. The minimum Gasteiger partial charge on any atom is -0.461 e. The largest absolute Gasteiger partial charge is 0.461 e. The third-order valence-corrected chi connectivity index (χ3v) is 5.40. The lowest BCUT2D eigenvalue weighted by Gasteiger charge is -2.28. The van der Waals surface area contributed by atoms with Crippen molar-refractivity contribution < 1.29 is 14.3 Å². The summed E-state index contributed by atoms with van der Waals surface area (Å²) < 4.78 is 6.98. The second-order valence-electron chi connectivity index (χ2n) is 7.11. The fourth-order valence-electron chi connectivity index (χ4n) is 3.67. The summed E-state index contributed by atoms with van der Waals surface area (Å²) in [6.07, 6.45) is 0.932. The zero-order valence-corrected chi connectivity index (χ0v) is 17.4. The second kappa shape index (κ2) is 8.71. The SMILES string of the molecule is CCOC(=O)c1nn(-c2ccc(Cl)cc2)c2c1CN(C(=O)Cc1ccccc1)CC2. The molecule has 0 spiro atoms. The van der Waals surface area contributed by atoms with E-state index in [4.69, 9.17) is 16.3 Å². The summed E-state index contributed by atoms with van der Waals surface area (Å²) in [5.41, 5.74) is 3.71. The average Bonchev–Trinajstić information content (AvgIpc) is 3.14. The maximum atomic E-state index is 12.9. The molecule has 7 heteroatoms. The van der Waals surface area contributed by atoms with Crippen molar-refractivity contribution in [3.05, 3.63) is 82.1 Å². The predicted molar refractivity (Wildman–Crippen MR) is 114 cm³/mol. The van der Waals surface area contributed by atoms with E-state index in [1.54, 1.807) is 28.6 Å². The first-order valence-corrected chi connectivity index (χ1v) is 10.3. The van der Waals surface area contributed by atoms with Gasteiger partial charge in [0.15, 0.2) is 5.69 Å². The van der Waals surface area contributed by atoms with E-state index >= 15 is 0 Å². The van der Waals surface area contributed by atoms with Crippen molar-refractivity contribution in [2.45, 2.75) is 26.3 Å². The van der Waals surface area contributed by atoms with E-state index in [-0.39, 0.29) is 18.2 Å². The minimum absolute atomic E-state index is 0.0286. The van der Waals surface area contributed by atoms with Gasteiger partial charge in [-0.2, -0.15) is 5.10 Å². The number of carbonyl (C=O) groups excluding carboxylic acids is 2. The monoisotopic (exact) mass is 423 g/mol. The highest BCUT2D eigenvalue weighted by Gasteiger charge is 2.31. The Balaban J connectivity index is 1.65. The second-order valence-corrected chi connectivity index (χ2v) is 7.55. The molecule has 154 valence electrons. The third kappa shape index (κ3) is 4.09. The van der Waals surface area contributed by atoms with Crippen LogP contribution in [0.4, 0.5) is 0 Å². The normalized spacial score (nSPS) is 13.1. The van der Waals surface area contributed by atoms with Crippen LogP contribution in [0.25, 0.3) is 5.69 Å². The number of hydrogen-bond donors (Lipinski definition) is 0. The molecule has 0 bridgehead atoms. The van der Waals surface area contributed by atoms with Crippen LogP contribution in [0.15, 0.2) is 54.6 Å². The van der Waals surface area contributed by atoms with Gasteiger partial charge in [-0.3, -0.25) is 4.79 Å².